The first-order chi connectivity index (χ1) is 10.7. The Morgan fingerprint density at radius 2 is 2.05 bits per heavy atom. The standard InChI is InChI=1S/C18H23N3S/c1-11-7-18(20-17-8-13(22-2)5-6-14(11)17)21-9-15(12-3-4-12)16(19)10-21/h5-8,12,15-16H,3-4,9-10,19H2,1-2H3/t15-,16+/m1/s1. The van der Waals surface area contributed by atoms with E-state index in [1.807, 2.05) is 0 Å². The summed E-state index contributed by atoms with van der Waals surface area (Å²) in [6, 6.07) is 9.10. The third kappa shape index (κ3) is 2.48. The highest BCUT2D eigenvalue weighted by Gasteiger charge is 2.41. The van der Waals surface area contributed by atoms with Gasteiger partial charge >= 0.3 is 0 Å². The van der Waals surface area contributed by atoms with Crippen molar-refractivity contribution in [2.45, 2.75) is 30.7 Å². The van der Waals surface area contributed by atoms with Gasteiger partial charge in [-0.3, -0.25) is 0 Å². The van der Waals surface area contributed by atoms with Crippen molar-refractivity contribution in [2.24, 2.45) is 17.6 Å². The van der Waals surface area contributed by atoms with Crippen LogP contribution in [0.3, 0.4) is 0 Å². The van der Waals surface area contributed by atoms with Gasteiger partial charge in [0.15, 0.2) is 0 Å². The first-order valence-corrected chi connectivity index (χ1v) is 9.34. The van der Waals surface area contributed by atoms with Gasteiger partial charge in [-0.1, -0.05) is 6.07 Å². The number of anilines is 1. The molecule has 2 heterocycles. The summed E-state index contributed by atoms with van der Waals surface area (Å²) in [5.74, 6) is 2.63. The molecule has 0 amide bonds. The van der Waals surface area contributed by atoms with Crippen LogP contribution in [0.1, 0.15) is 18.4 Å². The number of nitrogens with two attached hydrogens (primary N) is 1. The van der Waals surface area contributed by atoms with Crippen molar-refractivity contribution in [3.63, 3.8) is 0 Å². The molecule has 1 saturated carbocycles. The molecular formula is C18H23N3S. The molecule has 4 heteroatoms. The molecule has 2 aliphatic rings. The van der Waals surface area contributed by atoms with Gasteiger partial charge in [0, 0.05) is 29.4 Å². The normalized spacial score (nSPS) is 25.1. The van der Waals surface area contributed by atoms with Gasteiger partial charge in [0.25, 0.3) is 0 Å². The summed E-state index contributed by atoms with van der Waals surface area (Å²) in [7, 11) is 0. The van der Waals surface area contributed by atoms with Gasteiger partial charge in [0.1, 0.15) is 5.82 Å². The summed E-state index contributed by atoms with van der Waals surface area (Å²) in [4.78, 5) is 8.60. The fraction of sp³-hybridized carbons (Fsp3) is 0.500. The molecule has 0 spiro atoms. The zero-order valence-electron chi connectivity index (χ0n) is 13.2. The molecule has 2 atom stereocenters. The zero-order valence-corrected chi connectivity index (χ0v) is 14.1. The van der Waals surface area contributed by atoms with E-state index in [1.54, 1.807) is 11.8 Å². The Kier molecular flexibility index (Phi) is 3.54. The average molecular weight is 313 g/mol. The number of thioether (sulfide) groups is 1. The van der Waals surface area contributed by atoms with Gasteiger partial charge in [0.05, 0.1) is 5.52 Å². The van der Waals surface area contributed by atoms with E-state index in [1.165, 1.54) is 28.7 Å². The molecule has 1 aliphatic carbocycles. The number of fused-ring (bicyclic) bond motifs is 1. The number of nitrogens with zero attached hydrogens (tertiary/aromatic N) is 2. The second-order valence-electron chi connectivity index (χ2n) is 6.75. The van der Waals surface area contributed by atoms with E-state index in [-0.39, 0.29) is 0 Å². The largest absolute Gasteiger partial charge is 0.355 e. The van der Waals surface area contributed by atoms with Crippen LogP contribution in [-0.4, -0.2) is 30.4 Å². The minimum atomic E-state index is 0.308. The van der Waals surface area contributed by atoms with Crippen molar-refractivity contribution in [1.29, 1.82) is 0 Å². The van der Waals surface area contributed by atoms with Crippen LogP contribution in [-0.2, 0) is 0 Å². The summed E-state index contributed by atoms with van der Waals surface area (Å²) in [5, 5.41) is 1.25. The van der Waals surface area contributed by atoms with Crippen LogP contribution in [0.4, 0.5) is 5.82 Å². The van der Waals surface area contributed by atoms with Crippen LogP contribution in [0.5, 0.6) is 0 Å². The molecule has 22 heavy (non-hydrogen) atoms. The summed E-state index contributed by atoms with van der Waals surface area (Å²) < 4.78 is 0. The Labute approximate surface area is 136 Å². The van der Waals surface area contributed by atoms with Crippen LogP contribution in [0.2, 0.25) is 0 Å². The Morgan fingerprint density at radius 3 is 2.77 bits per heavy atom. The van der Waals surface area contributed by atoms with Crippen LogP contribution in [0.15, 0.2) is 29.2 Å². The van der Waals surface area contributed by atoms with Crippen molar-refractivity contribution in [3.05, 3.63) is 29.8 Å². The number of hydrogen-bond acceptors (Lipinski definition) is 4. The van der Waals surface area contributed by atoms with E-state index in [0.29, 0.717) is 12.0 Å². The Balaban J connectivity index is 1.69. The second-order valence-corrected chi connectivity index (χ2v) is 7.63. The van der Waals surface area contributed by atoms with Crippen LogP contribution in [0.25, 0.3) is 10.9 Å². The van der Waals surface area contributed by atoms with E-state index in [4.69, 9.17) is 10.7 Å². The molecule has 0 unspecified atom stereocenters. The molecular weight excluding hydrogens is 290 g/mol. The minimum Gasteiger partial charge on any atom is -0.355 e. The molecule has 4 rings (SSSR count). The lowest BCUT2D eigenvalue weighted by Crippen LogP contribution is -2.30. The predicted octanol–water partition coefficient (Wildman–Crippen LogP) is 3.44. The van der Waals surface area contributed by atoms with E-state index >= 15 is 0 Å². The van der Waals surface area contributed by atoms with E-state index < -0.39 is 0 Å². The summed E-state index contributed by atoms with van der Waals surface area (Å²) >= 11 is 1.77. The quantitative estimate of drug-likeness (QED) is 0.882. The van der Waals surface area contributed by atoms with Crippen molar-refractivity contribution >= 4 is 28.5 Å². The van der Waals surface area contributed by atoms with E-state index in [9.17, 15) is 0 Å². The lowest BCUT2D eigenvalue weighted by Gasteiger charge is -2.19. The number of aromatic nitrogens is 1. The van der Waals surface area contributed by atoms with E-state index in [2.05, 4.69) is 42.3 Å². The molecule has 3 nitrogen and oxygen atoms in total. The first-order valence-electron chi connectivity index (χ1n) is 8.11. The molecule has 1 saturated heterocycles. The lowest BCUT2D eigenvalue weighted by atomic mass is 9.99. The average Bonchev–Trinajstić information content (AvgIpc) is 3.29. The SMILES string of the molecule is CSc1ccc2c(C)cc(N3C[C@H](C4CC4)[C@@H](N)C3)nc2c1. The number of hydrogen-bond donors (Lipinski definition) is 1. The zero-order chi connectivity index (χ0) is 15.3. The van der Waals surface area contributed by atoms with Gasteiger partial charge < -0.3 is 10.6 Å². The van der Waals surface area contributed by atoms with Crippen LogP contribution < -0.4 is 10.6 Å². The highest BCUT2D eigenvalue weighted by Crippen LogP contribution is 2.41. The van der Waals surface area contributed by atoms with Gasteiger partial charge in [-0.2, -0.15) is 0 Å². The third-order valence-electron chi connectivity index (χ3n) is 5.17. The maximum Gasteiger partial charge on any atom is 0.129 e. The maximum atomic E-state index is 6.37. The fourth-order valence-electron chi connectivity index (χ4n) is 3.72. The number of benzene rings is 1. The fourth-order valence-corrected chi connectivity index (χ4v) is 4.15. The molecule has 1 aromatic heterocycles. The summed E-state index contributed by atoms with van der Waals surface area (Å²) in [6.07, 6.45) is 4.85. The number of pyridine rings is 1. The van der Waals surface area contributed by atoms with Gasteiger partial charge in [-0.15, -0.1) is 11.8 Å². The summed E-state index contributed by atoms with van der Waals surface area (Å²) in [5.41, 5.74) is 8.78. The smallest absolute Gasteiger partial charge is 0.129 e. The molecule has 2 aromatic rings. The topological polar surface area (TPSA) is 42.1 Å². The van der Waals surface area contributed by atoms with Gasteiger partial charge in [-0.25, -0.2) is 4.98 Å². The van der Waals surface area contributed by atoms with Crippen molar-refractivity contribution in [1.82, 2.24) is 4.98 Å². The lowest BCUT2D eigenvalue weighted by molar-refractivity contribution is 0.456. The van der Waals surface area contributed by atoms with Crippen molar-refractivity contribution in [3.8, 4) is 0 Å². The van der Waals surface area contributed by atoms with Gasteiger partial charge in [0.2, 0.25) is 0 Å². The Bertz CT molecular complexity index is 711. The maximum absolute atomic E-state index is 6.37. The third-order valence-corrected chi connectivity index (χ3v) is 5.90. The predicted molar refractivity (Wildman–Crippen MR) is 94.7 cm³/mol. The molecule has 116 valence electrons. The number of rotatable bonds is 3. The molecule has 0 radical (unpaired) electrons. The Morgan fingerprint density at radius 1 is 1.23 bits per heavy atom. The van der Waals surface area contributed by atoms with Crippen LogP contribution >= 0.6 is 11.8 Å². The van der Waals surface area contributed by atoms with E-state index in [0.717, 1.165) is 30.3 Å². The highest BCUT2D eigenvalue weighted by atomic mass is 32.2. The molecule has 2 N–H and O–H groups in total. The molecule has 0 bridgehead atoms. The summed E-state index contributed by atoms with van der Waals surface area (Å²) in [6.45, 7) is 4.20. The highest BCUT2D eigenvalue weighted by molar-refractivity contribution is 7.98. The minimum absolute atomic E-state index is 0.308. The monoisotopic (exact) mass is 313 g/mol. The number of aryl methyl sites for hydroxylation is 1. The molecule has 2 fully saturated rings. The van der Waals surface area contributed by atoms with Crippen LogP contribution in [0, 0.1) is 18.8 Å². The van der Waals surface area contributed by atoms with Gasteiger partial charge in [-0.05, 0) is 61.6 Å². The molecule has 1 aromatic carbocycles. The second kappa shape index (κ2) is 5.43. The molecule has 1 aliphatic heterocycles. The van der Waals surface area contributed by atoms with Crippen molar-refractivity contribution < 1.29 is 0 Å². The van der Waals surface area contributed by atoms with Crippen molar-refractivity contribution in [2.75, 3.05) is 24.2 Å². The first kappa shape index (κ1) is 14.3. The Hall–Kier alpha value is -1.26.